The summed E-state index contributed by atoms with van der Waals surface area (Å²) in [5.74, 6) is -0.279. The van der Waals surface area contributed by atoms with Crippen molar-refractivity contribution in [3.63, 3.8) is 0 Å². The van der Waals surface area contributed by atoms with Crippen molar-refractivity contribution in [3.05, 3.63) is 107 Å². The van der Waals surface area contributed by atoms with E-state index in [1.165, 1.54) is 19.2 Å². The van der Waals surface area contributed by atoms with Crippen molar-refractivity contribution in [2.75, 3.05) is 23.9 Å². The zero-order chi connectivity index (χ0) is 29.3. The first-order chi connectivity index (χ1) is 19.6. The third kappa shape index (κ3) is 5.55. The van der Waals surface area contributed by atoms with E-state index in [1.54, 1.807) is 35.9 Å². The largest absolute Gasteiger partial charge is 0.418 e. The minimum atomic E-state index is -4.51. The van der Waals surface area contributed by atoms with Gasteiger partial charge in [0.25, 0.3) is 0 Å². The molecule has 0 bridgehead atoms. The van der Waals surface area contributed by atoms with Crippen molar-refractivity contribution in [3.8, 4) is 5.69 Å². The Bertz CT molecular complexity index is 1570. The number of anilines is 2. The number of aryl methyl sites for hydroxylation is 1. The quantitative estimate of drug-likeness (QED) is 0.252. The molecular weight excluding hydrogens is 551 g/mol. The molecule has 41 heavy (non-hydrogen) atoms. The van der Waals surface area contributed by atoms with Crippen LogP contribution in [0.2, 0.25) is 0 Å². The summed E-state index contributed by atoms with van der Waals surface area (Å²) in [6, 6.07) is 19.5. The minimum Gasteiger partial charge on any atom is -0.375 e. The number of para-hydroxylation sites is 1. The number of rotatable bonds is 7. The van der Waals surface area contributed by atoms with Crippen LogP contribution in [-0.4, -0.2) is 34.3 Å². The van der Waals surface area contributed by atoms with E-state index in [0.717, 1.165) is 23.0 Å². The van der Waals surface area contributed by atoms with Gasteiger partial charge in [-0.2, -0.15) is 13.2 Å². The standard InChI is InChI=1S/C30H28F3N5O2S/c1-18-16-22(19(2)37(18)25-10-5-4-8-23(25)30(31,32)33)28-27(24-9-6-7-15-34-24)36-29(41)38(28)21-13-11-20(12-14-21)35-26(39)17-40-3/h4-16,27-28H,17H2,1-3H3,(H,35,39)(H,36,41)/t27-,28+/m1/s1. The number of nitrogens with zero attached hydrogens (tertiary/aromatic N) is 3. The molecule has 0 saturated carbocycles. The van der Waals surface area contributed by atoms with Crippen LogP contribution in [-0.2, 0) is 15.7 Å². The second kappa shape index (κ2) is 11.3. The topological polar surface area (TPSA) is 71.4 Å². The van der Waals surface area contributed by atoms with Crippen LogP contribution in [0, 0.1) is 13.8 Å². The van der Waals surface area contributed by atoms with Crippen LogP contribution in [0.25, 0.3) is 5.69 Å². The van der Waals surface area contributed by atoms with Gasteiger partial charge in [0.15, 0.2) is 5.11 Å². The van der Waals surface area contributed by atoms with Crippen LogP contribution < -0.4 is 15.5 Å². The van der Waals surface area contributed by atoms with Crippen molar-refractivity contribution >= 4 is 34.6 Å². The van der Waals surface area contributed by atoms with Crippen molar-refractivity contribution in [2.45, 2.75) is 32.1 Å². The molecular formula is C30H28F3N5O2S. The highest BCUT2D eigenvalue weighted by molar-refractivity contribution is 7.80. The van der Waals surface area contributed by atoms with E-state index in [1.807, 2.05) is 48.2 Å². The van der Waals surface area contributed by atoms with Crippen molar-refractivity contribution in [1.29, 1.82) is 0 Å². The van der Waals surface area contributed by atoms with Crippen molar-refractivity contribution in [2.24, 2.45) is 0 Å². The molecule has 1 amide bonds. The minimum absolute atomic E-state index is 0.0619. The van der Waals surface area contributed by atoms with Gasteiger partial charge in [-0.05, 0) is 86.2 Å². The summed E-state index contributed by atoms with van der Waals surface area (Å²) in [5.41, 5.74) is 3.55. The number of hydrogen-bond donors (Lipinski definition) is 2. The number of aromatic nitrogens is 2. The molecule has 2 atom stereocenters. The molecule has 2 aromatic carbocycles. The Morgan fingerprint density at radius 1 is 1.07 bits per heavy atom. The highest BCUT2D eigenvalue weighted by atomic mass is 32.1. The number of pyridine rings is 1. The number of methoxy groups -OCH3 is 1. The Kier molecular flexibility index (Phi) is 7.83. The van der Waals surface area contributed by atoms with E-state index in [0.29, 0.717) is 22.2 Å². The Hall–Kier alpha value is -4.22. The van der Waals surface area contributed by atoms with Crippen molar-refractivity contribution in [1.82, 2.24) is 14.9 Å². The van der Waals surface area contributed by atoms with Gasteiger partial charge < -0.3 is 24.8 Å². The van der Waals surface area contributed by atoms with Gasteiger partial charge in [-0.25, -0.2) is 0 Å². The number of nitrogens with one attached hydrogen (secondary N) is 2. The molecule has 212 valence electrons. The molecule has 3 heterocycles. The van der Waals surface area contributed by atoms with Crippen LogP contribution in [0.3, 0.4) is 0 Å². The van der Waals surface area contributed by atoms with Gasteiger partial charge in [-0.3, -0.25) is 9.78 Å². The fraction of sp³-hybridized carbons (Fsp3) is 0.233. The zero-order valence-electron chi connectivity index (χ0n) is 22.6. The maximum absolute atomic E-state index is 14.0. The molecule has 0 aliphatic carbocycles. The molecule has 1 aliphatic heterocycles. The second-order valence-electron chi connectivity index (χ2n) is 9.70. The van der Waals surface area contributed by atoms with Crippen molar-refractivity contribution < 1.29 is 22.7 Å². The molecule has 0 spiro atoms. The Morgan fingerprint density at radius 2 is 1.78 bits per heavy atom. The summed E-state index contributed by atoms with van der Waals surface area (Å²) in [6.45, 7) is 3.55. The maximum Gasteiger partial charge on any atom is 0.418 e. The van der Waals surface area contributed by atoms with Crippen LogP contribution in [0.4, 0.5) is 24.5 Å². The van der Waals surface area contributed by atoms with E-state index >= 15 is 0 Å². The summed E-state index contributed by atoms with van der Waals surface area (Å²) in [5, 5.41) is 6.60. The van der Waals surface area contributed by atoms with Gasteiger partial charge in [0.2, 0.25) is 5.91 Å². The number of carbonyl (C=O) groups is 1. The monoisotopic (exact) mass is 579 g/mol. The number of halogens is 3. The van der Waals surface area contributed by atoms with Gasteiger partial charge in [0.1, 0.15) is 6.61 Å². The Balaban J connectivity index is 1.61. The molecule has 0 unspecified atom stereocenters. The van der Waals surface area contributed by atoms with Gasteiger partial charge in [-0.15, -0.1) is 0 Å². The first-order valence-electron chi connectivity index (χ1n) is 12.8. The summed E-state index contributed by atoms with van der Waals surface area (Å²) in [6.07, 6.45) is -2.82. The third-order valence-corrected chi connectivity index (χ3v) is 7.36. The number of alkyl halides is 3. The SMILES string of the molecule is COCC(=O)Nc1ccc(N2C(=S)N[C@H](c3ccccn3)[C@@H]2c2cc(C)n(-c3ccccc3C(F)(F)F)c2C)cc1. The van der Waals surface area contributed by atoms with Crippen LogP contribution in [0.5, 0.6) is 0 Å². The van der Waals surface area contributed by atoms with Gasteiger partial charge in [0.05, 0.1) is 29.0 Å². The highest BCUT2D eigenvalue weighted by Crippen LogP contribution is 2.44. The first kappa shape index (κ1) is 28.3. The van der Waals surface area contributed by atoms with E-state index in [4.69, 9.17) is 17.0 Å². The van der Waals surface area contributed by atoms with Crippen LogP contribution in [0.1, 0.15) is 40.3 Å². The number of amides is 1. The van der Waals surface area contributed by atoms with E-state index in [9.17, 15) is 18.0 Å². The molecule has 1 saturated heterocycles. The van der Waals surface area contributed by atoms with Gasteiger partial charge in [0, 0.05) is 36.1 Å². The third-order valence-electron chi connectivity index (χ3n) is 7.04. The maximum atomic E-state index is 14.0. The summed E-state index contributed by atoms with van der Waals surface area (Å²) in [4.78, 5) is 18.5. The van der Waals surface area contributed by atoms with E-state index in [2.05, 4.69) is 15.6 Å². The number of hydrogen-bond acceptors (Lipinski definition) is 4. The number of benzene rings is 2. The molecule has 2 N–H and O–H groups in total. The lowest BCUT2D eigenvalue weighted by Gasteiger charge is -2.28. The highest BCUT2D eigenvalue weighted by Gasteiger charge is 2.43. The van der Waals surface area contributed by atoms with Crippen LogP contribution >= 0.6 is 12.2 Å². The normalized spacial score (nSPS) is 17.0. The van der Waals surface area contributed by atoms with E-state index < -0.39 is 17.8 Å². The number of ether oxygens (including phenoxy) is 1. The van der Waals surface area contributed by atoms with Gasteiger partial charge in [-0.1, -0.05) is 18.2 Å². The lowest BCUT2D eigenvalue weighted by molar-refractivity contribution is -0.137. The van der Waals surface area contributed by atoms with Gasteiger partial charge >= 0.3 is 6.18 Å². The fourth-order valence-corrected chi connectivity index (χ4v) is 5.69. The molecule has 7 nitrogen and oxygen atoms in total. The molecule has 2 aromatic heterocycles. The number of carbonyl (C=O) groups excluding carboxylic acids is 1. The zero-order valence-corrected chi connectivity index (χ0v) is 23.4. The number of thiocarbonyl (C=S) groups is 1. The fourth-order valence-electron chi connectivity index (χ4n) is 5.35. The van der Waals surface area contributed by atoms with Crippen LogP contribution in [0.15, 0.2) is 79.0 Å². The summed E-state index contributed by atoms with van der Waals surface area (Å²) in [7, 11) is 1.45. The molecule has 11 heteroatoms. The van der Waals surface area contributed by atoms with E-state index in [-0.39, 0.29) is 24.2 Å². The predicted molar refractivity (Wildman–Crippen MR) is 155 cm³/mol. The lowest BCUT2D eigenvalue weighted by atomic mass is 9.96. The average Bonchev–Trinajstić information content (AvgIpc) is 3.44. The smallest absolute Gasteiger partial charge is 0.375 e. The summed E-state index contributed by atoms with van der Waals surface area (Å²) >= 11 is 5.81. The molecule has 4 aromatic rings. The molecule has 0 radical (unpaired) electrons. The molecule has 5 rings (SSSR count). The second-order valence-corrected chi connectivity index (χ2v) is 10.1. The summed E-state index contributed by atoms with van der Waals surface area (Å²) < 4.78 is 48.5. The predicted octanol–water partition coefficient (Wildman–Crippen LogP) is 6.27. The Labute approximate surface area is 241 Å². The lowest BCUT2D eigenvalue weighted by Crippen LogP contribution is -2.29. The Morgan fingerprint density at radius 3 is 2.44 bits per heavy atom. The molecule has 1 aliphatic rings. The first-order valence-corrected chi connectivity index (χ1v) is 13.3. The average molecular weight is 580 g/mol. The molecule has 1 fully saturated rings.